The van der Waals surface area contributed by atoms with Gasteiger partial charge in [0, 0.05) is 6.54 Å². The lowest BCUT2D eigenvalue weighted by atomic mass is 10.1. The van der Waals surface area contributed by atoms with E-state index in [9.17, 15) is 0 Å². The van der Waals surface area contributed by atoms with Gasteiger partial charge in [-0.25, -0.2) is 0 Å². The molecule has 2 rings (SSSR count). The van der Waals surface area contributed by atoms with Crippen LogP contribution in [-0.4, -0.2) is 13.2 Å². The fourth-order valence-electron chi connectivity index (χ4n) is 2.31. The van der Waals surface area contributed by atoms with Crippen molar-refractivity contribution in [2.24, 2.45) is 0 Å². The summed E-state index contributed by atoms with van der Waals surface area (Å²) in [5.74, 6) is 0.946. The first kappa shape index (κ1) is 14.6. The molecule has 2 aromatic carbocycles. The molecule has 0 heterocycles. The van der Waals surface area contributed by atoms with Gasteiger partial charge in [0.15, 0.2) is 0 Å². The zero-order valence-electron chi connectivity index (χ0n) is 12.4. The Labute approximate surface area is 121 Å². The Morgan fingerprint density at radius 3 is 2.35 bits per heavy atom. The van der Waals surface area contributed by atoms with Crippen LogP contribution in [0.15, 0.2) is 48.5 Å². The maximum atomic E-state index is 5.66. The third-order valence-electron chi connectivity index (χ3n) is 3.12. The largest absolute Gasteiger partial charge is 0.494 e. The second-order valence-corrected chi connectivity index (χ2v) is 5.19. The Morgan fingerprint density at radius 1 is 0.950 bits per heavy atom. The van der Waals surface area contributed by atoms with Gasteiger partial charge in [-0.3, -0.25) is 0 Å². The monoisotopic (exact) mass is 269 g/mol. The van der Waals surface area contributed by atoms with E-state index in [4.69, 9.17) is 4.74 Å². The molecule has 2 aromatic rings. The van der Waals surface area contributed by atoms with Crippen LogP contribution in [0.1, 0.15) is 23.1 Å². The lowest BCUT2D eigenvalue weighted by Gasteiger charge is -2.08. The highest BCUT2D eigenvalue weighted by Crippen LogP contribution is 2.09. The maximum Gasteiger partial charge on any atom is 0.119 e. The summed E-state index contributed by atoms with van der Waals surface area (Å²) in [5.41, 5.74) is 4.01. The molecular formula is C18H23NO. The fraction of sp³-hybridized carbons (Fsp3) is 0.333. The van der Waals surface area contributed by atoms with Crippen LogP contribution in [0, 0.1) is 13.8 Å². The molecular weight excluding hydrogens is 246 g/mol. The molecule has 0 aromatic heterocycles. The van der Waals surface area contributed by atoms with Gasteiger partial charge < -0.3 is 10.1 Å². The topological polar surface area (TPSA) is 21.3 Å². The van der Waals surface area contributed by atoms with Crippen LogP contribution in [0.3, 0.4) is 0 Å². The summed E-state index contributed by atoms with van der Waals surface area (Å²) >= 11 is 0. The molecule has 0 aliphatic carbocycles. The van der Waals surface area contributed by atoms with Crippen LogP contribution in [0.2, 0.25) is 0 Å². The molecule has 0 aliphatic rings. The van der Waals surface area contributed by atoms with E-state index in [2.05, 4.69) is 37.4 Å². The van der Waals surface area contributed by atoms with Gasteiger partial charge in [0.25, 0.3) is 0 Å². The van der Waals surface area contributed by atoms with E-state index in [0.717, 1.165) is 31.9 Å². The second kappa shape index (κ2) is 7.71. The van der Waals surface area contributed by atoms with E-state index in [0.29, 0.717) is 0 Å². The summed E-state index contributed by atoms with van der Waals surface area (Å²) in [6, 6.07) is 16.6. The van der Waals surface area contributed by atoms with Gasteiger partial charge in [0.05, 0.1) is 6.61 Å². The molecule has 0 unspecified atom stereocenters. The van der Waals surface area contributed by atoms with Gasteiger partial charge in [-0.05, 0) is 44.5 Å². The first-order chi connectivity index (χ1) is 9.74. The molecule has 0 radical (unpaired) electrons. The van der Waals surface area contributed by atoms with Gasteiger partial charge in [-0.2, -0.15) is 0 Å². The van der Waals surface area contributed by atoms with Gasteiger partial charge in [-0.15, -0.1) is 0 Å². The van der Waals surface area contributed by atoms with Crippen molar-refractivity contribution >= 4 is 0 Å². The van der Waals surface area contributed by atoms with Crippen molar-refractivity contribution in [3.05, 3.63) is 65.2 Å². The minimum Gasteiger partial charge on any atom is -0.494 e. The van der Waals surface area contributed by atoms with Crippen LogP contribution in [-0.2, 0) is 6.54 Å². The van der Waals surface area contributed by atoms with E-state index in [1.54, 1.807) is 0 Å². The first-order valence-corrected chi connectivity index (χ1v) is 7.20. The van der Waals surface area contributed by atoms with Crippen molar-refractivity contribution in [1.29, 1.82) is 0 Å². The summed E-state index contributed by atoms with van der Waals surface area (Å²) < 4.78 is 5.66. The number of nitrogens with one attached hydrogen (secondary N) is 1. The highest BCUT2D eigenvalue weighted by molar-refractivity contribution is 5.28. The molecule has 0 aliphatic heterocycles. The maximum absolute atomic E-state index is 5.66. The fourth-order valence-corrected chi connectivity index (χ4v) is 2.31. The van der Waals surface area contributed by atoms with Crippen molar-refractivity contribution in [3.63, 3.8) is 0 Å². The van der Waals surface area contributed by atoms with Crippen LogP contribution in [0.25, 0.3) is 0 Å². The second-order valence-electron chi connectivity index (χ2n) is 5.19. The smallest absolute Gasteiger partial charge is 0.119 e. The van der Waals surface area contributed by atoms with E-state index in [1.807, 2.05) is 30.3 Å². The highest BCUT2D eigenvalue weighted by atomic mass is 16.5. The number of benzene rings is 2. The molecule has 0 saturated carbocycles. The molecule has 106 valence electrons. The summed E-state index contributed by atoms with van der Waals surface area (Å²) in [6.45, 7) is 6.94. The van der Waals surface area contributed by atoms with Gasteiger partial charge >= 0.3 is 0 Å². The third kappa shape index (κ3) is 5.06. The minimum absolute atomic E-state index is 0.754. The lowest BCUT2D eigenvalue weighted by molar-refractivity contribution is 0.308. The Morgan fingerprint density at radius 2 is 1.65 bits per heavy atom. The predicted molar refractivity (Wildman–Crippen MR) is 84.2 cm³/mol. The molecule has 0 bridgehead atoms. The molecule has 0 spiro atoms. The van der Waals surface area contributed by atoms with Crippen molar-refractivity contribution in [2.45, 2.75) is 26.8 Å². The number of ether oxygens (including phenoxy) is 1. The average molecular weight is 269 g/mol. The number of aryl methyl sites for hydroxylation is 2. The highest BCUT2D eigenvalue weighted by Gasteiger charge is 1.96. The van der Waals surface area contributed by atoms with Gasteiger partial charge in [0.1, 0.15) is 5.75 Å². The van der Waals surface area contributed by atoms with Crippen LogP contribution in [0.5, 0.6) is 5.75 Å². The Balaban J connectivity index is 1.62. The zero-order valence-corrected chi connectivity index (χ0v) is 12.4. The Hall–Kier alpha value is -1.80. The van der Waals surface area contributed by atoms with Gasteiger partial charge in [-0.1, -0.05) is 47.5 Å². The minimum atomic E-state index is 0.754. The summed E-state index contributed by atoms with van der Waals surface area (Å²) in [6.07, 6.45) is 1.01. The average Bonchev–Trinajstić information content (AvgIpc) is 2.43. The molecule has 0 saturated heterocycles. The number of hydrogen-bond acceptors (Lipinski definition) is 2. The molecule has 1 N–H and O–H groups in total. The first-order valence-electron chi connectivity index (χ1n) is 7.20. The van der Waals surface area contributed by atoms with E-state index >= 15 is 0 Å². The Bertz CT molecular complexity index is 502. The standard InChI is InChI=1S/C18H23NO/c1-15-11-16(2)13-17(12-15)14-19-9-6-10-20-18-7-4-3-5-8-18/h3-5,7-8,11-13,19H,6,9-10,14H2,1-2H3. The SMILES string of the molecule is Cc1cc(C)cc(CNCCCOc2ccccc2)c1. The molecule has 0 fully saturated rings. The number of para-hydroxylation sites is 1. The van der Waals surface area contributed by atoms with Crippen molar-refractivity contribution in [2.75, 3.05) is 13.2 Å². The van der Waals surface area contributed by atoms with Gasteiger partial charge in [0.2, 0.25) is 0 Å². The lowest BCUT2D eigenvalue weighted by Crippen LogP contribution is -2.17. The van der Waals surface area contributed by atoms with E-state index in [-0.39, 0.29) is 0 Å². The van der Waals surface area contributed by atoms with Crippen LogP contribution < -0.4 is 10.1 Å². The molecule has 2 heteroatoms. The molecule has 2 nitrogen and oxygen atoms in total. The third-order valence-corrected chi connectivity index (χ3v) is 3.12. The van der Waals surface area contributed by atoms with E-state index < -0.39 is 0 Å². The summed E-state index contributed by atoms with van der Waals surface area (Å²) in [7, 11) is 0. The quantitative estimate of drug-likeness (QED) is 0.771. The van der Waals surface area contributed by atoms with Crippen LogP contribution >= 0.6 is 0 Å². The summed E-state index contributed by atoms with van der Waals surface area (Å²) in [5, 5.41) is 3.46. The number of rotatable bonds is 7. The zero-order chi connectivity index (χ0) is 14.2. The number of hydrogen-bond donors (Lipinski definition) is 1. The normalized spacial score (nSPS) is 10.5. The molecule has 0 atom stereocenters. The van der Waals surface area contributed by atoms with Crippen molar-refractivity contribution in [3.8, 4) is 5.75 Å². The summed E-state index contributed by atoms with van der Waals surface area (Å²) in [4.78, 5) is 0. The Kier molecular flexibility index (Phi) is 5.63. The molecule has 0 amide bonds. The van der Waals surface area contributed by atoms with Crippen molar-refractivity contribution in [1.82, 2.24) is 5.32 Å². The van der Waals surface area contributed by atoms with Crippen LogP contribution in [0.4, 0.5) is 0 Å². The van der Waals surface area contributed by atoms with Crippen molar-refractivity contribution < 1.29 is 4.74 Å². The van der Waals surface area contributed by atoms with E-state index in [1.165, 1.54) is 16.7 Å². The predicted octanol–water partition coefficient (Wildman–Crippen LogP) is 3.86. The molecule has 20 heavy (non-hydrogen) atoms.